The molecule has 0 unspecified atom stereocenters. The maximum Gasteiger partial charge on any atom is 0.323 e. The van der Waals surface area contributed by atoms with Gasteiger partial charge in [-0.1, -0.05) is 19.4 Å². The van der Waals surface area contributed by atoms with Crippen LogP contribution in [0.5, 0.6) is 0 Å². The molecule has 3 rings (SSSR count). The highest BCUT2D eigenvalue weighted by Gasteiger charge is 2.21. The van der Waals surface area contributed by atoms with Crippen molar-refractivity contribution in [1.82, 2.24) is 10.2 Å². The molecule has 7 nitrogen and oxygen atoms in total. The van der Waals surface area contributed by atoms with Crippen molar-refractivity contribution in [3.05, 3.63) is 53.6 Å². The van der Waals surface area contributed by atoms with E-state index in [-0.39, 0.29) is 12.1 Å². The van der Waals surface area contributed by atoms with Crippen molar-refractivity contribution >= 4 is 29.1 Å². The maximum atomic E-state index is 12.3. The molecule has 1 saturated heterocycles. The van der Waals surface area contributed by atoms with Gasteiger partial charge in [-0.2, -0.15) is 0 Å². The Labute approximate surface area is 184 Å². The molecular weight excluding hydrogens is 390 g/mol. The van der Waals surface area contributed by atoms with Gasteiger partial charge in [0.1, 0.15) is 0 Å². The van der Waals surface area contributed by atoms with Gasteiger partial charge in [0.15, 0.2) is 0 Å². The van der Waals surface area contributed by atoms with Crippen molar-refractivity contribution in [1.29, 1.82) is 0 Å². The van der Waals surface area contributed by atoms with Crippen LogP contribution in [0.1, 0.15) is 30.9 Å². The number of anilines is 3. The molecule has 166 valence electrons. The molecule has 0 saturated carbocycles. The summed E-state index contributed by atoms with van der Waals surface area (Å²) in [5.41, 5.74) is 4.93. The zero-order valence-corrected chi connectivity index (χ0v) is 18.7. The Hall–Kier alpha value is -3.22. The van der Waals surface area contributed by atoms with E-state index in [4.69, 9.17) is 0 Å². The quantitative estimate of drug-likeness (QED) is 0.595. The van der Waals surface area contributed by atoms with Gasteiger partial charge in [-0.3, -0.25) is 0 Å². The number of hydrogen-bond acceptors (Lipinski definition) is 3. The number of hydrogen-bond donors (Lipinski definition) is 3. The third-order valence-electron chi connectivity index (χ3n) is 5.63. The molecule has 1 fully saturated rings. The third kappa shape index (κ3) is 6.38. The van der Waals surface area contributed by atoms with Gasteiger partial charge in [0.25, 0.3) is 0 Å². The number of benzene rings is 2. The summed E-state index contributed by atoms with van der Waals surface area (Å²) >= 11 is 0. The Morgan fingerprint density at radius 2 is 1.52 bits per heavy atom. The first-order valence-corrected chi connectivity index (χ1v) is 11.0. The van der Waals surface area contributed by atoms with Crippen LogP contribution < -0.4 is 20.9 Å². The predicted molar refractivity (Wildman–Crippen MR) is 127 cm³/mol. The maximum absolute atomic E-state index is 12.3. The van der Waals surface area contributed by atoms with Crippen LogP contribution in [0.3, 0.4) is 0 Å². The first kappa shape index (κ1) is 22.5. The molecule has 0 atom stereocenters. The second-order valence-electron chi connectivity index (χ2n) is 7.98. The normalized spacial score (nSPS) is 13.6. The highest BCUT2D eigenvalue weighted by molar-refractivity contribution is 5.99. The Bertz CT molecular complexity index is 889. The van der Waals surface area contributed by atoms with E-state index in [1.54, 1.807) is 0 Å². The summed E-state index contributed by atoms with van der Waals surface area (Å²) in [6.07, 6.45) is 2.08. The van der Waals surface area contributed by atoms with Crippen molar-refractivity contribution < 1.29 is 9.59 Å². The van der Waals surface area contributed by atoms with Crippen LogP contribution in [0.25, 0.3) is 0 Å². The van der Waals surface area contributed by atoms with Gasteiger partial charge in [0, 0.05) is 49.8 Å². The van der Waals surface area contributed by atoms with Crippen LogP contribution in [-0.4, -0.2) is 49.7 Å². The fourth-order valence-electron chi connectivity index (χ4n) is 3.52. The number of carbonyl (C=O) groups is 2. The summed E-state index contributed by atoms with van der Waals surface area (Å²) in [5, 5.41) is 8.72. The van der Waals surface area contributed by atoms with Crippen LogP contribution in [-0.2, 0) is 0 Å². The average Bonchev–Trinajstić information content (AvgIpc) is 2.77. The van der Waals surface area contributed by atoms with Gasteiger partial charge >= 0.3 is 12.1 Å². The molecule has 1 aliphatic heterocycles. The summed E-state index contributed by atoms with van der Waals surface area (Å²) in [5.74, 6) is 0. The largest absolute Gasteiger partial charge is 0.368 e. The zero-order chi connectivity index (χ0) is 22.2. The SMILES string of the molecule is CCCCNC(=O)N1CCN(c2ccc(NC(=O)Nc3ccc(C)c(C)c3)cc2)CC1. The van der Waals surface area contributed by atoms with Crippen LogP contribution >= 0.6 is 0 Å². The lowest BCUT2D eigenvalue weighted by Crippen LogP contribution is -2.52. The number of aryl methyl sites for hydroxylation is 2. The first-order valence-electron chi connectivity index (χ1n) is 11.0. The number of nitrogens with one attached hydrogen (secondary N) is 3. The molecule has 0 radical (unpaired) electrons. The standard InChI is InChI=1S/C24H33N5O2/c1-4-5-12-25-24(31)29-15-13-28(14-16-29)22-10-8-20(9-11-22)26-23(30)27-21-7-6-18(2)19(3)17-21/h6-11,17H,4-5,12-16H2,1-3H3,(H,25,31)(H2,26,27,30). The lowest BCUT2D eigenvalue weighted by Gasteiger charge is -2.36. The second-order valence-corrected chi connectivity index (χ2v) is 7.98. The van der Waals surface area contributed by atoms with Gasteiger partial charge in [0.2, 0.25) is 0 Å². The highest BCUT2D eigenvalue weighted by atomic mass is 16.2. The number of urea groups is 2. The number of amides is 4. The van der Waals surface area contributed by atoms with E-state index < -0.39 is 0 Å². The van der Waals surface area contributed by atoms with E-state index in [0.717, 1.165) is 55.1 Å². The number of carbonyl (C=O) groups excluding carboxylic acids is 2. The second kappa shape index (κ2) is 10.7. The Morgan fingerprint density at radius 1 is 0.871 bits per heavy atom. The van der Waals surface area contributed by atoms with E-state index in [9.17, 15) is 9.59 Å². The number of nitrogens with zero attached hydrogens (tertiary/aromatic N) is 2. The van der Waals surface area contributed by atoms with Crippen molar-refractivity contribution in [2.24, 2.45) is 0 Å². The van der Waals surface area contributed by atoms with Crippen molar-refractivity contribution in [2.45, 2.75) is 33.6 Å². The molecule has 0 bridgehead atoms. The molecule has 7 heteroatoms. The summed E-state index contributed by atoms with van der Waals surface area (Å²) in [4.78, 5) is 28.6. The first-order chi connectivity index (χ1) is 15.0. The third-order valence-corrected chi connectivity index (χ3v) is 5.63. The van der Waals surface area contributed by atoms with Crippen molar-refractivity contribution in [3.8, 4) is 0 Å². The summed E-state index contributed by atoms with van der Waals surface area (Å²) in [6, 6.07) is 13.4. The highest BCUT2D eigenvalue weighted by Crippen LogP contribution is 2.20. The van der Waals surface area contributed by atoms with Gasteiger partial charge < -0.3 is 25.8 Å². The van der Waals surface area contributed by atoms with Crippen LogP contribution in [0.15, 0.2) is 42.5 Å². The lowest BCUT2D eigenvalue weighted by molar-refractivity contribution is 0.194. The van der Waals surface area contributed by atoms with E-state index >= 15 is 0 Å². The number of unbranched alkanes of at least 4 members (excludes halogenated alkanes) is 1. The minimum atomic E-state index is -0.265. The molecular formula is C24H33N5O2. The molecule has 1 heterocycles. The van der Waals surface area contributed by atoms with Gasteiger partial charge in [-0.25, -0.2) is 9.59 Å². The van der Waals surface area contributed by atoms with Gasteiger partial charge in [-0.05, 0) is 67.8 Å². The van der Waals surface area contributed by atoms with Crippen LogP contribution in [0, 0.1) is 13.8 Å². The molecule has 0 aromatic heterocycles. The summed E-state index contributed by atoms with van der Waals surface area (Å²) in [6.45, 7) is 9.91. The Balaban J connectivity index is 1.47. The smallest absolute Gasteiger partial charge is 0.323 e. The zero-order valence-electron chi connectivity index (χ0n) is 18.7. The number of piperazine rings is 1. The van der Waals surface area contributed by atoms with Crippen molar-refractivity contribution in [2.75, 3.05) is 48.3 Å². The van der Waals surface area contributed by atoms with E-state index in [0.29, 0.717) is 13.1 Å². The topological polar surface area (TPSA) is 76.7 Å². The van der Waals surface area contributed by atoms with E-state index in [1.807, 2.05) is 61.2 Å². The fraction of sp³-hybridized carbons (Fsp3) is 0.417. The van der Waals surface area contributed by atoms with E-state index in [2.05, 4.69) is 27.8 Å². The predicted octanol–water partition coefficient (Wildman–Crippen LogP) is 4.58. The molecule has 1 aliphatic rings. The molecule has 4 amide bonds. The molecule has 0 spiro atoms. The molecule has 3 N–H and O–H groups in total. The van der Waals surface area contributed by atoms with E-state index in [1.165, 1.54) is 5.56 Å². The van der Waals surface area contributed by atoms with Gasteiger partial charge in [-0.15, -0.1) is 0 Å². The van der Waals surface area contributed by atoms with Crippen LogP contribution in [0.4, 0.5) is 26.7 Å². The Kier molecular flexibility index (Phi) is 7.76. The molecule has 2 aromatic rings. The molecule has 2 aromatic carbocycles. The monoisotopic (exact) mass is 423 g/mol. The number of rotatable bonds is 6. The summed E-state index contributed by atoms with van der Waals surface area (Å²) in [7, 11) is 0. The van der Waals surface area contributed by atoms with Crippen LogP contribution in [0.2, 0.25) is 0 Å². The minimum Gasteiger partial charge on any atom is -0.368 e. The van der Waals surface area contributed by atoms with Gasteiger partial charge in [0.05, 0.1) is 0 Å². The lowest BCUT2D eigenvalue weighted by atomic mass is 10.1. The average molecular weight is 424 g/mol. The van der Waals surface area contributed by atoms with Crippen molar-refractivity contribution in [3.63, 3.8) is 0 Å². The molecule has 31 heavy (non-hydrogen) atoms. The summed E-state index contributed by atoms with van der Waals surface area (Å²) < 4.78 is 0. The fourth-order valence-corrected chi connectivity index (χ4v) is 3.52. The minimum absolute atomic E-state index is 0.0300. The Morgan fingerprint density at radius 3 is 2.16 bits per heavy atom. The molecule has 0 aliphatic carbocycles.